The highest BCUT2D eigenvalue weighted by Gasteiger charge is 2.20. The van der Waals surface area contributed by atoms with E-state index in [4.69, 9.17) is 0 Å². The van der Waals surface area contributed by atoms with Gasteiger partial charge in [-0.15, -0.1) is 0 Å². The molecule has 0 aromatic heterocycles. The maximum absolute atomic E-state index is 13.5. The zero-order chi connectivity index (χ0) is 10.9. The first-order valence-corrected chi connectivity index (χ1v) is 5.37. The number of aliphatic hydroxyl groups is 1. The molecule has 1 rings (SSSR count). The largest absolute Gasteiger partial charge is 0.388 e. The summed E-state index contributed by atoms with van der Waals surface area (Å²) in [5.74, 6) is -0.355. The van der Waals surface area contributed by atoms with E-state index >= 15 is 0 Å². The highest BCUT2D eigenvalue weighted by molar-refractivity contribution is 9.10. The first kappa shape index (κ1) is 11.7. The molecule has 78 valence electrons. The molecule has 0 aliphatic rings. The van der Waals surface area contributed by atoms with E-state index in [1.54, 1.807) is 6.07 Å². The van der Waals surface area contributed by atoms with E-state index in [-0.39, 0.29) is 11.7 Å². The van der Waals surface area contributed by atoms with Gasteiger partial charge in [0.2, 0.25) is 0 Å². The molecular weight excluding hydrogens is 247 g/mol. The van der Waals surface area contributed by atoms with E-state index < -0.39 is 6.10 Å². The van der Waals surface area contributed by atoms with Crippen LogP contribution in [0.15, 0.2) is 16.6 Å². The number of halogens is 2. The summed E-state index contributed by atoms with van der Waals surface area (Å²) in [4.78, 5) is 0. The van der Waals surface area contributed by atoms with Gasteiger partial charge >= 0.3 is 0 Å². The lowest BCUT2D eigenvalue weighted by Gasteiger charge is -2.18. The summed E-state index contributed by atoms with van der Waals surface area (Å²) in [7, 11) is 0. The number of hydrogen-bond acceptors (Lipinski definition) is 1. The lowest BCUT2D eigenvalue weighted by molar-refractivity contribution is 0.122. The van der Waals surface area contributed by atoms with Gasteiger partial charge in [-0.25, -0.2) is 4.39 Å². The highest BCUT2D eigenvalue weighted by atomic mass is 79.9. The number of aliphatic hydroxyl groups excluding tert-OH is 1. The Labute approximate surface area is 92.1 Å². The molecule has 1 N–H and O–H groups in total. The molecule has 0 spiro atoms. The Bertz CT molecular complexity index is 336. The topological polar surface area (TPSA) is 20.2 Å². The Kier molecular flexibility index (Phi) is 3.67. The Balaban J connectivity index is 3.25. The molecule has 0 saturated carbocycles. The molecule has 14 heavy (non-hydrogen) atoms. The van der Waals surface area contributed by atoms with Crippen LogP contribution in [0.3, 0.4) is 0 Å². The summed E-state index contributed by atoms with van der Waals surface area (Å²) >= 11 is 3.30. The fraction of sp³-hybridized carbons (Fsp3) is 0.455. The van der Waals surface area contributed by atoms with Crippen LogP contribution in [0.2, 0.25) is 0 Å². The molecule has 0 fully saturated rings. The second kappa shape index (κ2) is 4.41. The van der Waals surface area contributed by atoms with Crippen molar-refractivity contribution in [3.05, 3.63) is 33.5 Å². The van der Waals surface area contributed by atoms with E-state index in [9.17, 15) is 9.50 Å². The highest BCUT2D eigenvalue weighted by Crippen LogP contribution is 2.32. The minimum absolute atomic E-state index is 0.00241. The average molecular weight is 261 g/mol. The first-order valence-electron chi connectivity index (χ1n) is 4.57. The van der Waals surface area contributed by atoms with E-state index in [1.165, 1.54) is 6.07 Å². The number of benzene rings is 1. The fourth-order valence-corrected chi connectivity index (χ4v) is 1.84. The van der Waals surface area contributed by atoms with E-state index in [1.807, 2.05) is 20.8 Å². The molecule has 3 heteroatoms. The van der Waals surface area contributed by atoms with Crippen molar-refractivity contribution in [2.24, 2.45) is 5.92 Å². The van der Waals surface area contributed by atoms with Crippen LogP contribution >= 0.6 is 15.9 Å². The van der Waals surface area contributed by atoms with Gasteiger partial charge in [0.05, 0.1) is 6.10 Å². The Morgan fingerprint density at radius 2 is 1.93 bits per heavy atom. The van der Waals surface area contributed by atoms with Gasteiger partial charge in [0.15, 0.2) is 0 Å². The zero-order valence-corrected chi connectivity index (χ0v) is 10.1. The summed E-state index contributed by atoms with van der Waals surface area (Å²) in [6.07, 6.45) is -0.760. The standard InChI is InChI=1S/C11H14BrFO/c1-6(2)11(14)9-8(13)5-4-7(3)10(9)12/h4-6,11,14H,1-3H3. The van der Waals surface area contributed by atoms with Crippen LogP contribution in [-0.4, -0.2) is 5.11 Å². The Morgan fingerprint density at radius 1 is 1.36 bits per heavy atom. The van der Waals surface area contributed by atoms with E-state index in [0.29, 0.717) is 10.0 Å². The van der Waals surface area contributed by atoms with E-state index in [2.05, 4.69) is 15.9 Å². The first-order chi connectivity index (χ1) is 6.45. The van der Waals surface area contributed by atoms with Crippen molar-refractivity contribution < 1.29 is 9.50 Å². The molecule has 0 saturated heterocycles. The molecule has 0 heterocycles. The molecule has 0 aliphatic carbocycles. The van der Waals surface area contributed by atoms with Crippen molar-refractivity contribution in [2.75, 3.05) is 0 Å². The van der Waals surface area contributed by atoms with Gasteiger partial charge in [-0.1, -0.05) is 35.8 Å². The second-order valence-corrected chi connectivity index (χ2v) is 4.57. The van der Waals surface area contributed by atoms with Gasteiger partial charge in [-0.3, -0.25) is 0 Å². The van der Waals surface area contributed by atoms with Crippen LogP contribution < -0.4 is 0 Å². The second-order valence-electron chi connectivity index (χ2n) is 3.78. The minimum atomic E-state index is -0.760. The third kappa shape index (κ3) is 2.15. The van der Waals surface area contributed by atoms with Gasteiger partial charge in [0.25, 0.3) is 0 Å². The van der Waals surface area contributed by atoms with Crippen molar-refractivity contribution >= 4 is 15.9 Å². The van der Waals surface area contributed by atoms with Crippen LogP contribution in [-0.2, 0) is 0 Å². The van der Waals surface area contributed by atoms with E-state index in [0.717, 1.165) is 5.56 Å². The molecule has 1 aromatic carbocycles. The van der Waals surface area contributed by atoms with Crippen LogP contribution in [0.4, 0.5) is 4.39 Å². The molecular formula is C11H14BrFO. The van der Waals surface area contributed by atoms with Gasteiger partial charge in [-0.05, 0) is 24.5 Å². The molecule has 1 unspecified atom stereocenters. The Morgan fingerprint density at radius 3 is 2.43 bits per heavy atom. The molecule has 1 aromatic rings. The number of rotatable bonds is 2. The summed E-state index contributed by atoms with van der Waals surface area (Å²) < 4.78 is 14.1. The van der Waals surface area contributed by atoms with Crippen LogP contribution in [0, 0.1) is 18.7 Å². The van der Waals surface area contributed by atoms with Crippen molar-refractivity contribution in [2.45, 2.75) is 26.9 Å². The third-order valence-corrected chi connectivity index (χ3v) is 3.30. The number of aryl methyl sites for hydroxylation is 1. The van der Waals surface area contributed by atoms with Gasteiger partial charge in [0, 0.05) is 10.0 Å². The smallest absolute Gasteiger partial charge is 0.130 e. The van der Waals surface area contributed by atoms with Crippen molar-refractivity contribution in [3.63, 3.8) is 0 Å². The van der Waals surface area contributed by atoms with Crippen LogP contribution in [0.25, 0.3) is 0 Å². The SMILES string of the molecule is Cc1ccc(F)c(C(O)C(C)C)c1Br. The predicted octanol–water partition coefficient (Wildman–Crippen LogP) is 3.59. The zero-order valence-electron chi connectivity index (χ0n) is 8.51. The Hall–Kier alpha value is -0.410. The molecule has 0 amide bonds. The lowest BCUT2D eigenvalue weighted by atomic mass is 9.97. The maximum atomic E-state index is 13.5. The number of hydrogen-bond donors (Lipinski definition) is 1. The molecule has 0 aliphatic heterocycles. The summed E-state index contributed by atoms with van der Waals surface area (Å²) in [5.41, 5.74) is 1.29. The van der Waals surface area contributed by atoms with Crippen molar-refractivity contribution in [1.82, 2.24) is 0 Å². The predicted molar refractivity (Wildman–Crippen MR) is 58.6 cm³/mol. The third-order valence-electron chi connectivity index (χ3n) is 2.25. The van der Waals surface area contributed by atoms with Gasteiger partial charge in [-0.2, -0.15) is 0 Å². The summed E-state index contributed by atoms with van der Waals surface area (Å²) in [6, 6.07) is 3.08. The van der Waals surface area contributed by atoms with Crippen LogP contribution in [0.5, 0.6) is 0 Å². The monoisotopic (exact) mass is 260 g/mol. The fourth-order valence-electron chi connectivity index (χ4n) is 1.28. The quantitative estimate of drug-likeness (QED) is 0.862. The average Bonchev–Trinajstić information content (AvgIpc) is 2.12. The molecule has 1 atom stereocenters. The molecule has 0 radical (unpaired) electrons. The minimum Gasteiger partial charge on any atom is -0.388 e. The molecule has 0 bridgehead atoms. The van der Waals surface area contributed by atoms with Crippen molar-refractivity contribution in [3.8, 4) is 0 Å². The summed E-state index contributed by atoms with van der Waals surface area (Å²) in [5, 5.41) is 9.81. The normalized spacial score (nSPS) is 13.4. The van der Waals surface area contributed by atoms with Gasteiger partial charge < -0.3 is 5.11 Å². The van der Waals surface area contributed by atoms with Crippen LogP contribution in [0.1, 0.15) is 31.1 Å². The maximum Gasteiger partial charge on any atom is 0.130 e. The van der Waals surface area contributed by atoms with Crippen molar-refractivity contribution in [1.29, 1.82) is 0 Å². The van der Waals surface area contributed by atoms with Gasteiger partial charge in [0.1, 0.15) is 5.82 Å². The summed E-state index contributed by atoms with van der Waals surface area (Å²) in [6.45, 7) is 5.60. The molecule has 1 nitrogen and oxygen atoms in total. The lowest BCUT2D eigenvalue weighted by Crippen LogP contribution is -2.09.